The van der Waals surface area contributed by atoms with E-state index in [1.165, 1.54) is 23.5 Å². The van der Waals surface area contributed by atoms with Crippen LogP contribution in [0.5, 0.6) is 0 Å². The van der Waals surface area contributed by atoms with Crippen molar-refractivity contribution in [2.45, 2.75) is 35.5 Å². The smallest absolute Gasteiger partial charge is 0.280 e. The summed E-state index contributed by atoms with van der Waals surface area (Å²) in [6.07, 6.45) is 3.48. The summed E-state index contributed by atoms with van der Waals surface area (Å²) in [4.78, 5) is 28.2. The topological polar surface area (TPSA) is 120 Å². The highest BCUT2D eigenvalue weighted by Gasteiger charge is 2.36. The molecule has 2 fully saturated rings. The van der Waals surface area contributed by atoms with Crippen molar-refractivity contribution >= 4 is 48.3 Å². The number of fused-ring (bicyclic) bond motifs is 1. The van der Waals surface area contributed by atoms with Crippen molar-refractivity contribution in [1.82, 2.24) is 9.97 Å². The molecule has 3 aromatic rings. The summed E-state index contributed by atoms with van der Waals surface area (Å²) in [6.45, 7) is 0.981. The molecule has 11 heteroatoms. The molecule has 1 amide bonds. The van der Waals surface area contributed by atoms with Crippen molar-refractivity contribution in [3.8, 4) is 0 Å². The van der Waals surface area contributed by atoms with Crippen LogP contribution < -0.4 is 5.32 Å². The molecular formula is C21H20N4O5S2. The van der Waals surface area contributed by atoms with Crippen molar-refractivity contribution in [3.05, 3.63) is 48.2 Å². The maximum Gasteiger partial charge on any atom is 0.280 e. The molecular weight excluding hydrogens is 452 g/mol. The van der Waals surface area contributed by atoms with E-state index in [0.717, 1.165) is 0 Å². The molecule has 1 saturated carbocycles. The Morgan fingerprint density at radius 3 is 2.69 bits per heavy atom. The number of sulfone groups is 1. The van der Waals surface area contributed by atoms with E-state index in [1.807, 2.05) is 6.07 Å². The van der Waals surface area contributed by atoms with Crippen molar-refractivity contribution in [3.63, 3.8) is 0 Å². The van der Waals surface area contributed by atoms with E-state index in [-0.39, 0.29) is 22.0 Å². The first-order chi connectivity index (χ1) is 15.5. The number of carbonyl (C=O) groups excluding carboxylic acids is 1. The fourth-order valence-corrected chi connectivity index (χ4v) is 5.76. The van der Waals surface area contributed by atoms with Crippen LogP contribution in [0.1, 0.15) is 24.8 Å². The standard InChI is InChI=1S/C21H20N4O5S2/c26-19(24-21-23-17-2-1-10-22-20(17)31-21)18(25-30-14-9-11-29-12-14)13-3-5-15(6-4-13)32(27,28)16-7-8-16/h1-6,10,14,16H,7-9,11-12H2,(H,23,24,26)/t14-/m1/s1. The van der Waals surface area contributed by atoms with Crippen molar-refractivity contribution < 1.29 is 22.8 Å². The zero-order valence-electron chi connectivity index (χ0n) is 16.9. The Kier molecular flexibility index (Phi) is 5.62. The second-order valence-electron chi connectivity index (χ2n) is 7.60. The molecule has 1 N–H and O–H groups in total. The van der Waals surface area contributed by atoms with Gasteiger partial charge in [-0.15, -0.1) is 0 Å². The maximum atomic E-state index is 13.1. The van der Waals surface area contributed by atoms with Gasteiger partial charge in [0.1, 0.15) is 10.3 Å². The molecule has 1 aromatic carbocycles. The average molecular weight is 473 g/mol. The SMILES string of the molecule is O=C(Nc1nc2cccnc2s1)C(=NO[C@@H]1CCOC1)c1ccc(S(=O)(=O)C2CC2)cc1. The Morgan fingerprint density at radius 1 is 1.19 bits per heavy atom. The minimum absolute atomic E-state index is 0.0273. The zero-order chi connectivity index (χ0) is 22.1. The Bertz CT molecular complexity index is 1240. The number of rotatable bonds is 7. The normalized spacial score (nSPS) is 19.2. The largest absolute Gasteiger partial charge is 0.389 e. The molecule has 2 aliphatic rings. The van der Waals surface area contributed by atoms with Crippen LogP contribution in [0, 0.1) is 0 Å². The van der Waals surface area contributed by atoms with Crippen LogP contribution >= 0.6 is 11.3 Å². The van der Waals surface area contributed by atoms with Gasteiger partial charge >= 0.3 is 0 Å². The number of aromatic nitrogens is 2. The molecule has 0 spiro atoms. The van der Waals surface area contributed by atoms with Gasteiger partial charge in [-0.3, -0.25) is 10.1 Å². The third-order valence-electron chi connectivity index (χ3n) is 5.20. The summed E-state index contributed by atoms with van der Waals surface area (Å²) in [7, 11) is -3.32. The van der Waals surface area contributed by atoms with Gasteiger partial charge in [0, 0.05) is 18.2 Å². The van der Waals surface area contributed by atoms with Crippen LogP contribution in [0.25, 0.3) is 10.3 Å². The third kappa shape index (κ3) is 4.36. The van der Waals surface area contributed by atoms with Crippen LogP contribution in [0.15, 0.2) is 52.6 Å². The van der Waals surface area contributed by atoms with Crippen LogP contribution in [0.2, 0.25) is 0 Å². The lowest BCUT2D eigenvalue weighted by molar-refractivity contribution is -0.110. The number of benzene rings is 1. The lowest BCUT2D eigenvalue weighted by Crippen LogP contribution is -2.25. The monoisotopic (exact) mass is 472 g/mol. The van der Waals surface area contributed by atoms with Crippen molar-refractivity contribution in [2.75, 3.05) is 18.5 Å². The van der Waals surface area contributed by atoms with Crippen molar-refractivity contribution in [2.24, 2.45) is 5.16 Å². The number of anilines is 1. The molecule has 1 saturated heterocycles. The molecule has 1 aliphatic carbocycles. The summed E-state index contributed by atoms with van der Waals surface area (Å²) in [5.41, 5.74) is 1.15. The molecule has 1 atom stereocenters. The van der Waals surface area contributed by atoms with E-state index in [9.17, 15) is 13.2 Å². The number of carbonyl (C=O) groups is 1. The molecule has 0 bridgehead atoms. The highest BCUT2D eigenvalue weighted by molar-refractivity contribution is 7.92. The van der Waals surface area contributed by atoms with Gasteiger partial charge in [0.25, 0.3) is 5.91 Å². The van der Waals surface area contributed by atoms with Gasteiger partial charge in [0.05, 0.1) is 23.4 Å². The number of hydrogen-bond acceptors (Lipinski definition) is 9. The summed E-state index contributed by atoms with van der Waals surface area (Å²) in [5.74, 6) is -0.513. The Hall–Kier alpha value is -2.89. The number of amides is 1. The first kappa shape index (κ1) is 21.0. The number of thiazole rings is 1. The van der Waals surface area contributed by atoms with E-state index in [0.29, 0.717) is 53.5 Å². The molecule has 5 rings (SSSR count). The average Bonchev–Trinajstić information content (AvgIpc) is 3.39. The molecule has 3 heterocycles. The van der Waals surface area contributed by atoms with Gasteiger partial charge < -0.3 is 9.57 Å². The third-order valence-corrected chi connectivity index (χ3v) is 8.38. The van der Waals surface area contributed by atoms with Gasteiger partial charge in [-0.05, 0) is 37.1 Å². The number of oxime groups is 1. The van der Waals surface area contributed by atoms with E-state index in [1.54, 1.807) is 24.4 Å². The first-order valence-electron chi connectivity index (χ1n) is 10.2. The fourth-order valence-electron chi connectivity index (χ4n) is 3.30. The van der Waals surface area contributed by atoms with E-state index < -0.39 is 15.7 Å². The highest BCUT2D eigenvalue weighted by atomic mass is 32.2. The van der Waals surface area contributed by atoms with Crippen LogP contribution in [-0.2, 0) is 24.2 Å². The molecule has 32 heavy (non-hydrogen) atoms. The molecule has 9 nitrogen and oxygen atoms in total. The summed E-state index contributed by atoms with van der Waals surface area (Å²) >= 11 is 1.25. The number of ether oxygens (including phenoxy) is 1. The second-order valence-corrected chi connectivity index (χ2v) is 10.8. The fraction of sp³-hybridized carbons (Fsp3) is 0.333. The molecule has 2 aromatic heterocycles. The van der Waals surface area contributed by atoms with Gasteiger partial charge in [-0.25, -0.2) is 18.4 Å². The first-order valence-corrected chi connectivity index (χ1v) is 12.6. The lowest BCUT2D eigenvalue weighted by Gasteiger charge is -2.10. The maximum absolute atomic E-state index is 13.1. The van der Waals surface area contributed by atoms with E-state index >= 15 is 0 Å². The van der Waals surface area contributed by atoms with Gasteiger partial charge in [-0.2, -0.15) is 0 Å². The minimum Gasteiger partial charge on any atom is -0.389 e. The van der Waals surface area contributed by atoms with Gasteiger partial charge in [0.15, 0.2) is 26.8 Å². The van der Waals surface area contributed by atoms with Gasteiger partial charge in [-0.1, -0.05) is 28.6 Å². The summed E-state index contributed by atoms with van der Waals surface area (Å²) < 4.78 is 30.2. The van der Waals surface area contributed by atoms with Crippen LogP contribution in [-0.4, -0.2) is 54.6 Å². The highest BCUT2D eigenvalue weighted by Crippen LogP contribution is 2.33. The lowest BCUT2D eigenvalue weighted by atomic mass is 10.1. The molecule has 166 valence electrons. The predicted molar refractivity (Wildman–Crippen MR) is 120 cm³/mol. The zero-order valence-corrected chi connectivity index (χ0v) is 18.6. The summed E-state index contributed by atoms with van der Waals surface area (Å²) in [5, 5.41) is 6.93. The molecule has 0 radical (unpaired) electrons. The van der Waals surface area contributed by atoms with E-state index in [2.05, 4.69) is 20.4 Å². The number of pyridine rings is 1. The van der Waals surface area contributed by atoms with Crippen LogP contribution in [0.3, 0.4) is 0 Å². The Labute approximate surface area is 188 Å². The number of nitrogens with zero attached hydrogens (tertiary/aromatic N) is 3. The molecule has 0 unspecified atom stereocenters. The molecule has 1 aliphatic heterocycles. The Balaban J connectivity index is 1.41. The number of hydrogen-bond donors (Lipinski definition) is 1. The minimum atomic E-state index is -3.32. The van der Waals surface area contributed by atoms with Crippen molar-refractivity contribution in [1.29, 1.82) is 0 Å². The second kappa shape index (κ2) is 8.57. The number of nitrogens with one attached hydrogen (secondary N) is 1. The summed E-state index contributed by atoms with van der Waals surface area (Å²) in [6, 6.07) is 9.74. The van der Waals surface area contributed by atoms with E-state index in [4.69, 9.17) is 9.57 Å². The quantitative estimate of drug-likeness (QED) is 0.415. The Morgan fingerprint density at radius 2 is 2.00 bits per heavy atom. The van der Waals surface area contributed by atoms with Crippen LogP contribution in [0.4, 0.5) is 5.13 Å². The predicted octanol–water partition coefficient (Wildman–Crippen LogP) is 2.78. The van der Waals surface area contributed by atoms with Gasteiger partial charge in [0.2, 0.25) is 0 Å².